The van der Waals surface area contributed by atoms with E-state index in [1.807, 2.05) is 27.0 Å². The van der Waals surface area contributed by atoms with E-state index in [4.69, 9.17) is 0 Å². The number of nitrogens with zero attached hydrogens (tertiary/aromatic N) is 8. The van der Waals surface area contributed by atoms with Crippen LogP contribution in [0, 0.1) is 5.41 Å². The van der Waals surface area contributed by atoms with Gasteiger partial charge in [0.05, 0.1) is 24.0 Å². The number of hydrogen-bond acceptors (Lipinski definition) is 9. The molecule has 3 fully saturated rings. The highest BCUT2D eigenvalue weighted by Gasteiger charge is 2.45. The third kappa shape index (κ3) is 5.80. The molecule has 5 rings (SSSR count). The average Bonchev–Trinajstić information content (AvgIpc) is 3.49. The van der Waals surface area contributed by atoms with E-state index in [0.29, 0.717) is 17.6 Å². The van der Waals surface area contributed by atoms with Crippen LogP contribution in [0.1, 0.15) is 63.4 Å². The Morgan fingerprint density at radius 2 is 1.92 bits per heavy atom. The smallest absolute Gasteiger partial charge is 0.248 e. The van der Waals surface area contributed by atoms with Gasteiger partial charge in [-0.05, 0) is 31.4 Å². The minimum Gasteiger partial charge on any atom is -0.391 e. The number of likely N-dealkylation sites (tertiary alicyclic amines) is 1. The zero-order chi connectivity index (χ0) is 27.0. The highest BCUT2D eigenvalue weighted by Crippen LogP contribution is 2.40. The molecule has 38 heavy (non-hydrogen) atoms. The first-order chi connectivity index (χ1) is 18.1. The standard InChI is InChI=1S/C26H39N9O3/c1-26(2,3)22(35-16-20(30-31-35)17-5-6-17)24(38)34-15-19(36)13-21(34)23(37)28-14-18-7-8-27-25(29-18)33-11-9-32(4)10-12-33/h7-8,16-17,19,21-22,36H,5-6,9-15H2,1-4H3,(H,28,37)/t19?,21?,22-/m1/s1. The molecule has 12 nitrogen and oxygen atoms in total. The summed E-state index contributed by atoms with van der Waals surface area (Å²) in [5.74, 6) is 0.537. The van der Waals surface area contributed by atoms with Gasteiger partial charge in [0.2, 0.25) is 17.8 Å². The second-order valence-electron chi connectivity index (χ2n) is 11.9. The van der Waals surface area contributed by atoms with Gasteiger partial charge in [-0.3, -0.25) is 9.59 Å². The summed E-state index contributed by atoms with van der Waals surface area (Å²) in [6.07, 6.45) is 5.18. The summed E-state index contributed by atoms with van der Waals surface area (Å²) in [6, 6.07) is 0.369. The fourth-order valence-corrected chi connectivity index (χ4v) is 5.26. The maximum atomic E-state index is 13.9. The second-order valence-corrected chi connectivity index (χ2v) is 11.9. The number of piperazine rings is 1. The molecule has 2 aromatic rings. The lowest BCUT2D eigenvalue weighted by molar-refractivity contribution is -0.144. The van der Waals surface area contributed by atoms with Crippen molar-refractivity contribution >= 4 is 17.8 Å². The molecule has 1 aliphatic carbocycles. The first kappa shape index (κ1) is 26.5. The van der Waals surface area contributed by atoms with Gasteiger partial charge in [-0.1, -0.05) is 26.0 Å². The summed E-state index contributed by atoms with van der Waals surface area (Å²) in [5.41, 5.74) is 1.13. The van der Waals surface area contributed by atoms with Crippen LogP contribution in [0.3, 0.4) is 0 Å². The molecule has 4 heterocycles. The number of carbonyl (C=O) groups is 2. The minimum absolute atomic E-state index is 0.106. The van der Waals surface area contributed by atoms with E-state index >= 15 is 0 Å². The van der Waals surface area contributed by atoms with Crippen molar-refractivity contribution in [2.24, 2.45) is 5.41 Å². The molecule has 2 aliphatic heterocycles. The first-order valence-electron chi connectivity index (χ1n) is 13.5. The molecule has 2 aromatic heterocycles. The van der Waals surface area contributed by atoms with E-state index in [0.717, 1.165) is 44.7 Å². The topological polar surface area (TPSA) is 133 Å². The van der Waals surface area contributed by atoms with Gasteiger partial charge in [0, 0.05) is 57.5 Å². The van der Waals surface area contributed by atoms with Crippen molar-refractivity contribution in [1.82, 2.24) is 40.1 Å². The van der Waals surface area contributed by atoms with Crippen LogP contribution >= 0.6 is 0 Å². The number of aromatic nitrogens is 5. The molecule has 0 bridgehead atoms. The van der Waals surface area contributed by atoms with E-state index in [1.165, 1.54) is 4.90 Å². The van der Waals surface area contributed by atoms with Crippen molar-refractivity contribution in [3.05, 3.63) is 29.8 Å². The predicted molar refractivity (Wildman–Crippen MR) is 140 cm³/mol. The number of amides is 2. The van der Waals surface area contributed by atoms with Crippen LogP contribution < -0.4 is 10.2 Å². The van der Waals surface area contributed by atoms with Gasteiger partial charge in [-0.15, -0.1) is 5.10 Å². The molecular formula is C26H39N9O3. The molecular weight excluding hydrogens is 486 g/mol. The van der Waals surface area contributed by atoms with Gasteiger partial charge in [0.25, 0.3) is 0 Å². The quantitative estimate of drug-likeness (QED) is 0.532. The van der Waals surface area contributed by atoms with E-state index in [9.17, 15) is 14.7 Å². The Morgan fingerprint density at radius 1 is 1.18 bits per heavy atom. The van der Waals surface area contributed by atoms with Crippen molar-refractivity contribution < 1.29 is 14.7 Å². The molecule has 2 amide bonds. The summed E-state index contributed by atoms with van der Waals surface area (Å²) in [7, 11) is 2.10. The number of hydrogen-bond donors (Lipinski definition) is 2. The monoisotopic (exact) mass is 525 g/mol. The van der Waals surface area contributed by atoms with Gasteiger partial charge < -0.3 is 25.1 Å². The van der Waals surface area contributed by atoms with Crippen LogP contribution in [0.2, 0.25) is 0 Å². The number of likely N-dealkylation sites (N-methyl/N-ethyl adjacent to an activating group) is 1. The second kappa shape index (κ2) is 10.6. The Kier molecular flexibility index (Phi) is 7.36. The Hall–Kier alpha value is -3.12. The van der Waals surface area contributed by atoms with E-state index in [1.54, 1.807) is 16.9 Å². The van der Waals surface area contributed by atoms with Gasteiger partial charge in [0.15, 0.2) is 0 Å². The van der Waals surface area contributed by atoms with Crippen molar-refractivity contribution in [2.75, 3.05) is 44.7 Å². The maximum Gasteiger partial charge on any atom is 0.248 e. The molecule has 0 spiro atoms. The largest absolute Gasteiger partial charge is 0.391 e. The number of β-amino-alcohol motifs (C(OH)–C–C–N with tert-alkyl or cyclic N) is 1. The van der Waals surface area contributed by atoms with E-state index in [-0.39, 0.29) is 31.3 Å². The zero-order valence-electron chi connectivity index (χ0n) is 22.7. The van der Waals surface area contributed by atoms with Crippen molar-refractivity contribution in [3.63, 3.8) is 0 Å². The van der Waals surface area contributed by atoms with Crippen LogP contribution in [0.5, 0.6) is 0 Å². The van der Waals surface area contributed by atoms with Crippen molar-refractivity contribution in [3.8, 4) is 0 Å². The number of carbonyl (C=O) groups excluding carboxylic acids is 2. The molecule has 2 N–H and O–H groups in total. The molecule has 2 unspecified atom stereocenters. The summed E-state index contributed by atoms with van der Waals surface area (Å²) < 4.78 is 1.64. The Morgan fingerprint density at radius 3 is 2.61 bits per heavy atom. The number of aliphatic hydroxyl groups is 1. The lowest BCUT2D eigenvalue weighted by Gasteiger charge is -2.34. The number of nitrogens with one attached hydrogen (secondary N) is 1. The Bertz CT molecular complexity index is 1150. The third-order valence-electron chi connectivity index (χ3n) is 7.64. The number of aliphatic hydroxyl groups excluding tert-OH is 1. The molecule has 1 saturated carbocycles. The number of rotatable bonds is 7. The van der Waals surface area contributed by atoms with Crippen LogP contribution in [0.25, 0.3) is 0 Å². The van der Waals surface area contributed by atoms with Crippen molar-refractivity contribution in [1.29, 1.82) is 0 Å². The van der Waals surface area contributed by atoms with Gasteiger partial charge >= 0.3 is 0 Å². The third-order valence-corrected chi connectivity index (χ3v) is 7.64. The zero-order valence-corrected chi connectivity index (χ0v) is 22.7. The number of anilines is 1. The fraction of sp³-hybridized carbons (Fsp3) is 0.692. The summed E-state index contributed by atoms with van der Waals surface area (Å²) >= 11 is 0. The van der Waals surface area contributed by atoms with Crippen LogP contribution in [-0.2, 0) is 16.1 Å². The summed E-state index contributed by atoms with van der Waals surface area (Å²) in [4.78, 5) is 42.2. The summed E-state index contributed by atoms with van der Waals surface area (Å²) in [5, 5.41) is 22.0. The lowest BCUT2D eigenvalue weighted by atomic mass is 9.85. The van der Waals surface area contributed by atoms with Gasteiger partial charge in [-0.2, -0.15) is 0 Å². The van der Waals surface area contributed by atoms with E-state index in [2.05, 4.69) is 42.4 Å². The van der Waals surface area contributed by atoms with Crippen LogP contribution in [0.15, 0.2) is 18.5 Å². The molecule has 12 heteroatoms. The fourth-order valence-electron chi connectivity index (χ4n) is 5.26. The Labute approximate surface area is 223 Å². The minimum atomic E-state index is -0.771. The van der Waals surface area contributed by atoms with Crippen LogP contribution in [-0.4, -0.2) is 104 Å². The van der Waals surface area contributed by atoms with Crippen molar-refractivity contribution in [2.45, 2.75) is 70.7 Å². The molecule has 3 aliphatic rings. The molecule has 0 radical (unpaired) electrons. The molecule has 0 aromatic carbocycles. The first-order valence-corrected chi connectivity index (χ1v) is 13.5. The molecule has 206 valence electrons. The Balaban J connectivity index is 1.27. The molecule has 3 atom stereocenters. The summed E-state index contributed by atoms with van der Waals surface area (Å²) in [6.45, 7) is 9.85. The maximum absolute atomic E-state index is 13.9. The average molecular weight is 526 g/mol. The van der Waals surface area contributed by atoms with E-state index < -0.39 is 23.6 Å². The normalized spacial score (nSPS) is 23.5. The van der Waals surface area contributed by atoms with Crippen LogP contribution in [0.4, 0.5) is 5.95 Å². The lowest BCUT2D eigenvalue weighted by Crippen LogP contribution is -2.50. The molecule has 2 saturated heterocycles. The highest BCUT2D eigenvalue weighted by molar-refractivity contribution is 5.90. The van der Waals surface area contributed by atoms with Gasteiger partial charge in [0.1, 0.15) is 12.1 Å². The van der Waals surface area contributed by atoms with Gasteiger partial charge in [-0.25, -0.2) is 14.6 Å². The highest BCUT2D eigenvalue weighted by atomic mass is 16.3. The predicted octanol–water partition coefficient (Wildman–Crippen LogP) is 0.563. The SMILES string of the molecule is CN1CCN(c2nccc(CNC(=O)C3CC(O)CN3C(=O)[C@@H](n3cc(C4CC4)nn3)C(C)(C)C)n2)CC1.